The average Bonchev–Trinajstić information content (AvgIpc) is 2.92. The van der Waals surface area contributed by atoms with E-state index in [4.69, 9.17) is 4.99 Å². The summed E-state index contributed by atoms with van der Waals surface area (Å²) in [5.41, 5.74) is 5.86. The number of halogens is 1. The van der Waals surface area contributed by atoms with Gasteiger partial charge in [0.25, 0.3) is 0 Å². The van der Waals surface area contributed by atoms with E-state index in [1.807, 2.05) is 23.1 Å². The lowest BCUT2D eigenvalue weighted by atomic mass is 9.88. The molecule has 1 unspecified atom stereocenters. The third-order valence-electron chi connectivity index (χ3n) is 4.67. The minimum atomic E-state index is -0.0739. The molecule has 116 valence electrons. The molecule has 2 heterocycles. The van der Waals surface area contributed by atoms with Crippen LogP contribution in [0.25, 0.3) is 0 Å². The first-order chi connectivity index (χ1) is 11.1. The van der Waals surface area contributed by atoms with E-state index < -0.39 is 0 Å². The monoisotopic (exact) mass is 368 g/mol. The molecule has 0 N–H and O–H groups in total. The minimum absolute atomic E-state index is 0.0739. The molecule has 3 nitrogen and oxygen atoms in total. The molecule has 0 saturated carbocycles. The van der Waals surface area contributed by atoms with E-state index in [1.54, 1.807) is 6.92 Å². The van der Waals surface area contributed by atoms with E-state index in [-0.39, 0.29) is 11.9 Å². The van der Waals surface area contributed by atoms with Crippen molar-refractivity contribution in [3.05, 3.63) is 69.4 Å². The Bertz CT molecular complexity index is 802. The molecule has 0 saturated heterocycles. The lowest BCUT2D eigenvalue weighted by molar-refractivity contribution is -0.130. The van der Waals surface area contributed by atoms with Gasteiger partial charge in [0, 0.05) is 29.9 Å². The van der Waals surface area contributed by atoms with Gasteiger partial charge in [0.1, 0.15) is 0 Å². The van der Waals surface area contributed by atoms with E-state index in [2.05, 4.69) is 40.2 Å². The van der Waals surface area contributed by atoms with Gasteiger partial charge in [-0.3, -0.25) is 9.79 Å². The number of aliphatic imine (C=N–C) groups is 1. The largest absolute Gasteiger partial charge is 0.330 e. The number of rotatable bonds is 1. The molecule has 4 rings (SSSR count). The number of carbonyl (C=O) groups is 1. The van der Waals surface area contributed by atoms with Gasteiger partial charge in [0.2, 0.25) is 5.91 Å². The van der Waals surface area contributed by atoms with Crippen molar-refractivity contribution < 1.29 is 4.79 Å². The third kappa shape index (κ3) is 2.41. The van der Waals surface area contributed by atoms with Crippen molar-refractivity contribution in [2.45, 2.75) is 25.8 Å². The van der Waals surface area contributed by atoms with Crippen molar-refractivity contribution in [3.63, 3.8) is 0 Å². The lowest BCUT2D eigenvalue weighted by Crippen LogP contribution is -2.37. The maximum absolute atomic E-state index is 12.2. The molecule has 0 radical (unpaired) electrons. The first kappa shape index (κ1) is 14.6. The summed E-state index contributed by atoms with van der Waals surface area (Å²) in [5.74, 6) is 0.105. The molecule has 0 aromatic heterocycles. The van der Waals surface area contributed by atoms with Crippen LogP contribution in [-0.2, 0) is 4.79 Å². The van der Waals surface area contributed by atoms with Crippen molar-refractivity contribution in [1.29, 1.82) is 0 Å². The van der Waals surface area contributed by atoms with Gasteiger partial charge >= 0.3 is 0 Å². The maximum atomic E-state index is 12.2. The van der Waals surface area contributed by atoms with Crippen LogP contribution in [0, 0.1) is 0 Å². The number of allylic oxidation sites excluding steroid dienone is 4. The average molecular weight is 369 g/mol. The highest BCUT2D eigenvalue weighted by molar-refractivity contribution is 9.11. The van der Waals surface area contributed by atoms with Gasteiger partial charge in [0.15, 0.2) is 0 Å². The Kier molecular flexibility index (Phi) is 3.57. The van der Waals surface area contributed by atoms with Crippen LogP contribution in [0.2, 0.25) is 0 Å². The van der Waals surface area contributed by atoms with Crippen LogP contribution in [0.3, 0.4) is 0 Å². The van der Waals surface area contributed by atoms with Crippen LogP contribution in [0.15, 0.2) is 68.8 Å². The Morgan fingerprint density at radius 2 is 2.09 bits per heavy atom. The van der Waals surface area contributed by atoms with Gasteiger partial charge in [-0.25, -0.2) is 0 Å². The summed E-state index contributed by atoms with van der Waals surface area (Å²) in [6.07, 6.45) is 6.02. The van der Waals surface area contributed by atoms with Crippen molar-refractivity contribution in [2.24, 2.45) is 4.99 Å². The second-order valence-electron chi connectivity index (χ2n) is 6.05. The lowest BCUT2D eigenvalue weighted by Gasteiger charge is -2.36. The van der Waals surface area contributed by atoms with Gasteiger partial charge < -0.3 is 4.90 Å². The van der Waals surface area contributed by atoms with Crippen LogP contribution in [0.1, 0.15) is 31.4 Å². The Labute approximate surface area is 144 Å². The molecule has 0 bridgehead atoms. The molecule has 1 aromatic carbocycles. The van der Waals surface area contributed by atoms with Crippen molar-refractivity contribution >= 4 is 27.5 Å². The summed E-state index contributed by atoms with van der Waals surface area (Å²) in [4.78, 5) is 19.0. The number of benzene rings is 1. The highest BCUT2D eigenvalue weighted by Crippen LogP contribution is 2.44. The van der Waals surface area contributed by atoms with Gasteiger partial charge in [-0.05, 0) is 23.6 Å². The summed E-state index contributed by atoms with van der Waals surface area (Å²) in [7, 11) is 0. The fraction of sp³-hybridized carbons (Fsp3) is 0.263. The fourth-order valence-electron chi connectivity index (χ4n) is 3.61. The van der Waals surface area contributed by atoms with E-state index in [0.29, 0.717) is 0 Å². The number of hydrogen-bond acceptors (Lipinski definition) is 2. The smallest absolute Gasteiger partial charge is 0.220 e. The van der Waals surface area contributed by atoms with Gasteiger partial charge in [-0.1, -0.05) is 52.3 Å². The molecular weight excluding hydrogens is 352 g/mol. The van der Waals surface area contributed by atoms with Crippen LogP contribution in [0.5, 0.6) is 0 Å². The Morgan fingerprint density at radius 1 is 1.30 bits per heavy atom. The molecule has 4 heteroatoms. The molecular formula is C19H17BrN2O. The molecule has 2 aliphatic heterocycles. The van der Waals surface area contributed by atoms with Gasteiger partial charge in [-0.2, -0.15) is 0 Å². The SMILES string of the molecule is CC(=O)N1CCC2=C(N=C3CC=C(Br)C=C32)C1c1ccccc1. The summed E-state index contributed by atoms with van der Waals surface area (Å²) in [6, 6.07) is 10.1. The fourth-order valence-corrected chi connectivity index (χ4v) is 4.00. The summed E-state index contributed by atoms with van der Waals surface area (Å²) in [6.45, 7) is 2.39. The molecule has 0 spiro atoms. The topological polar surface area (TPSA) is 32.7 Å². The zero-order valence-corrected chi connectivity index (χ0v) is 14.5. The van der Waals surface area contributed by atoms with Crippen LogP contribution < -0.4 is 0 Å². The number of carbonyl (C=O) groups excluding carboxylic acids is 1. The summed E-state index contributed by atoms with van der Waals surface area (Å²) < 4.78 is 1.12. The number of fused-ring (bicyclic) bond motifs is 2. The predicted molar refractivity (Wildman–Crippen MR) is 95.4 cm³/mol. The molecule has 23 heavy (non-hydrogen) atoms. The van der Waals surface area contributed by atoms with Crippen LogP contribution >= 0.6 is 15.9 Å². The molecule has 1 aliphatic carbocycles. The highest BCUT2D eigenvalue weighted by atomic mass is 79.9. The second kappa shape index (κ2) is 5.60. The minimum Gasteiger partial charge on any atom is -0.330 e. The van der Waals surface area contributed by atoms with Gasteiger partial charge in [0.05, 0.1) is 17.5 Å². The van der Waals surface area contributed by atoms with Crippen LogP contribution in [-0.4, -0.2) is 23.1 Å². The highest BCUT2D eigenvalue weighted by Gasteiger charge is 2.37. The quantitative estimate of drug-likeness (QED) is 0.727. The Balaban J connectivity index is 1.85. The zero-order valence-electron chi connectivity index (χ0n) is 12.9. The number of hydrogen-bond donors (Lipinski definition) is 0. The summed E-state index contributed by atoms with van der Waals surface area (Å²) >= 11 is 3.58. The Morgan fingerprint density at radius 3 is 2.83 bits per heavy atom. The molecule has 1 amide bonds. The Hall–Kier alpha value is -1.94. The normalized spacial score (nSPS) is 23.0. The number of amides is 1. The van der Waals surface area contributed by atoms with E-state index in [9.17, 15) is 4.79 Å². The standard InChI is InChI=1S/C19H17BrN2O/c1-12(23)22-10-9-15-16-11-14(20)7-8-17(16)21-18(15)19(22)13-5-3-2-4-6-13/h2-7,11,19H,8-10H2,1H3. The van der Waals surface area contributed by atoms with E-state index in [0.717, 1.165) is 40.8 Å². The zero-order chi connectivity index (χ0) is 16.0. The second-order valence-corrected chi connectivity index (χ2v) is 6.96. The van der Waals surface area contributed by atoms with Gasteiger partial charge in [-0.15, -0.1) is 0 Å². The van der Waals surface area contributed by atoms with E-state index in [1.165, 1.54) is 11.1 Å². The van der Waals surface area contributed by atoms with E-state index >= 15 is 0 Å². The molecule has 1 aromatic rings. The van der Waals surface area contributed by atoms with Crippen molar-refractivity contribution in [2.75, 3.05) is 6.54 Å². The first-order valence-electron chi connectivity index (χ1n) is 7.86. The van der Waals surface area contributed by atoms with Crippen LogP contribution in [0.4, 0.5) is 0 Å². The molecule has 1 atom stereocenters. The van der Waals surface area contributed by atoms with Crippen molar-refractivity contribution in [1.82, 2.24) is 4.90 Å². The first-order valence-corrected chi connectivity index (χ1v) is 8.65. The summed E-state index contributed by atoms with van der Waals surface area (Å²) in [5, 5.41) is 0. The maximum Gasteiger partial charge on any atom is 0.220 e. The predicted octanol–water partition coefficient (Wildman–Crippen LogP) is 4.30. The molecule has 3 aliphatic rings. The molecule has 0 fully saturated rings. The number of nitrogens with zero attached hydrogens (tertiary/aromatic N) is 2. The third-order valence-corrected chi connectivity index (χ3v) is 5.22. The van der Waals surface area contributed by atoms with Crippen molar-refractivity contribution in [3.8, 4) is 0 Å².